The normalized spacial score (nSPS) is 19.0. The topological polar surface area (TPSA) is 114 Å². The molecule has 0 aliphatic heterocycles. The molecule has 2 heterocycles. The Hall–Kier alpha value is -2.89. The second kappa shape index (κ2) is 13.6. The second-order valence-corrected chi connectivity index (χ2v) is 14.9. The number of aromatic nitrogens is 4. The quantitative estimate of drug-likeness (QED) is 0.203. The number of nitrogens with one attached hydrogen (secondary N) is 2. The van der Waals surface area contributed by atoms with Gasteiger partial charge in [0.1, 0.15) is 10.8 Å². The summed E-state index contributed by atoms with van der Waals surface area (Å²) in [6.45, 7) is 12.6. The van der Waals surface area contributed by atoms with Gasteiger partial charge in [-0.3, -0.25) is 4.68 Å². The van der Waals surface area contributed by atoms with E-state index in [2.05, 4.69) is 63.5 Å². The molecule has 0 saturated heterocycles. The van der Waals surface area contributed by atoms with Gasteiger partial charge in [0.25, 0.3) is 0 Å². The van der Waals surface area contributed by atoms with Crippen LogP contribution in [-0.2, 0) is 16.9 Å². The SMILES string of the molecule is CCN(CC)[C@H]1CC[C@H](c2cc(OC3CC3)c(Nc3ncc(Cl)c(Nc4cn(C)nc4S(=O)(=O)CC(C)C)n3)cc2C)CC1. The average Bonchev–Trinajstić information content (AvgIpc) is 3.71. The van der Waals surface area contributed by atoms with Crippen molar-refractivity contribution in [2.45, 2.75) is 96.2 Å². The number of sulfone groups is 1. The van der Waals surface area contributed by atoms with Crippen molar-refractivity contribution in [1.29, 1.82) is 0 Å². The van der Waals surface area contributed by atoms with Gasteiger partial charge in [0, 0.05) is 19.3 Å². The third-order valence-electron chi connectivity index (χ3n) is 8.54. The fourth-order valence-electron chi connectivity index (χ4n) is 6.26. The smallest absolute Gasteiger partial charge is 0.229 e. The minimum absolute atomic E-state index is 0.0144. The average molecular weight is 644 g/mol. The van der Waals surface area contributed by atoms with Crippen LogP contribution in [0.1, 0.15) is 83.3 Å². The number of ether oxygens (including phenoxy) is 1. The fraction of sp³-hybridized carbons (Fsp3) is 0.594. The van der Waals surface area contributed by atoms with Crippen LogP contribution in [0.15, 0.2) is 29.6 Å². The predicted octanol–water partition coefficient (Wildman–Crippen LogP) is 7.00. The van der Waals surface area contributed by atoms with Crippen molar-refractivity contribution in [1.82, 2.24) is 24.6 Å². The molecule has 2 fully saturated rings. The lowest BCUT2D eigenvalue weighted by molar-refractivity contribution is 0.163. The Kier molecular flexibility index (Phi) is 10.1. The van der Waals surface area contributed by atoms with Gasteiger partial charge >= 0.3 is 0 Å². The highest BCUT2D eigenvalue weighted by atomic mass is 35.5. The highest BCUT2D eigenvalue weighted by Crippen LogP contribution is 2.42. The molecule has 3 aromatic rings. The minimum Gasteiger partial charge on any atom is -0.488 e. The molecule has 2 saturated carbocycles. The molecule has 0 radical (unpaired) electrons. The number of nitrogens with zero attached hydrogens (tertiary/aromatic N) is 5. The zero-order valence-corrected chi connectivity index (χ0v) is 28.3. The standard InChI is InChI=1S/C32H46ClN7O3S/c1-7-40(8-2)23-11-9-22(10-12-23)25-16-29(43-24-13-14-24)27(15-21(25)5)36-32-34-17-26(33)30(37-32)35-28-18-39(6)38-31(28)44(41,42)19-20(3)4/h15-18,20,22-24H,7-14,19H2,1-6H3,(H2,34,35,36,37)/t22-,23-. The van der Waals surface area contributed by atoms with Crippen molar-refractivity contribution >= 4 is 44.6 Å². The van der Waals surface area contributed by atoms with Crippen molar-refractivity contribution in [3.63, 3.8) is 0 Å². The van der Waals surface area contributed by atoms with Gasteiger partial charge in [-0.15, -0.1) is 0 Å². The van der Waals surface area contributed by atoms with E-state index in [1.54, 1.807) is 13.2 Å². The largest absolute Gasteiger partial charge is 0.488 e. The highest BCUT2D eigenvalue weighted by molar-refractivity contribution is 7.91. The van der Waals surface area contributed by atoms with Gasteiger partial charge in [0.05, 0.1) is 29.4 Å². The van der Waals surface area contributed by atoms with Crippen LogP contribution in [0.25, 0.3) is 0 Å². The summed E-state index contributed by atoms with van der Waals surface area (Å²) in [7, 11) is -1.94. The molecule has 0 spiro atoms. The van der Waals surface area contributed by atoms with E-state index in [-0.39, 0.29) is 33.6 Å². The summed E-state index contributed by atoms with van der Waals surface area (Å²) in [5.41, 5.74) is 3.68. The van der Waals surface area contributed by atoms with Crippen LogP contribution in [0.3, 0.4) is 0 Å². The van der Waals surface area contributed by atoms with E-state index in [4.69, 9.17) is 16.3 Å². The summed E-state index contributed by atoms with van der Waals surface area (Å²) in [6, 6.07) is 5.02. The van der Waals surface area contributed by atoms with Crippen LogP contribution in [-0.4, -0.2) is 64.1 Å². The molecule has 0 atom stereocenters. The van der Waals surface area contributed by atoms with Crippen LogP contribution in [0.5, 0.6) is 5.75 Å². The Bertz CT molecular complexity index is 1560. The van der Waals surface area contributed by atoms with E-state index in [1.165, 1.54) is 47.7 Å². The Morgan fingerprint density at radius 1 is 1.07 bits per heavy atom. The maximum absolute atomic E-state index is 13.0. The number of rotatable bonds is 13. The second-order valence-electron chi connectivity index (χ2n) is 12.6. The van der Waals surface area contributed by atoms with Gasteiger partial charge in [-0.1, -0.05) is 39.3 Å². The zero-order chi connectivity index (χ0) is 31.6. The maximum atomic E-state index is 13.0. The minimum atomic E-state index is -3.62. The molecule has 240 valence electrons. The monoisotopic (exact) mass is 643 g/mol. The summed E-state index contributed by atoms with van der Waals surface area (Å²) in [4.78, 5) is 11.6. The number of benzene rings is 1. The first-order valence-corrected chi connectivity index (χ1v) is 17.9. The lowest BCUT2D eigenvalue weighted by atomic mass is 9.79. The number of halogens is 1. The molecule has 1 aromatic carbocycles. The van der Waals surface area contributed by atoms with E-state index in [0.29, 0.717) is 23.6 Å². The van der Waals surface area contributed by atoms with Gasteiger partial charge in [-0.25, -0.2) is 13.4 Å². The third-order valence-corrected chi connectivity index (χ3v) is 10.8. The Labute approximate surface area is 266 Å². The molecule has 2 aliphatic carbocycles. The maximum Gasteiger partial charge on any atom is 0.229 e. The first kappa shape index (κ1) is 32.5. The Morgan fingerprint density at radius 2 is 1.77 bits per heavy atom. The molecular weight excluding hydrogens is 598 g/mol. The van der Waals surface area contributed by atoms with E-state index in [9.17, 15) is 8.42 Å². The number of aryl methyl sites for hydroxylation is 2. The van der Waals surface area contributed by atoms with Crippen molar-refractivity contribution in [3.8, 4) is 5.75 Å². The zero-order valence-electron chi connectivity index (χ0n) is 26.7. The summed E-state index contributed by atoms with van der Waals surface area (Å²) in [5, 5.41) is 10.9. The van der Waals surface area contributed by atoms with Crippen LogP contribution in [0, 0.1) is 12.8 Å². The van der Waals surface area contributed by atoms with Crippen LogP contribution < -0.4 is 15.4 Å². The molecule has 0 bridgehead atoms. The molecular formula is C32H46ClN7O3S. The van der Waals surface area contributed by atoms with Crippen LogP contribution in [0.4, 0.5) is 23.1 Å². The Morgan fingerprint density at radius 3 is 2.41 bits per heavy atom. The molecule has 10 nitrogen and oxygen atoms in total. The molecule has 2 aromatic heterocycles. The first-order chi connectivity index (χ1) is 21.0. The molecule has 0 unspecified atom stereocenters. The molecule has 5 rings (SSSR count). The van der Waals surface area contributed by atoms with Gasteiger partial charge in [-0.05, 0) is 93.6 Å². The Balaban J connectivity index is 1.38. The van der Waals surface area contributed by atoms with Crippen molar-refractivity contribution in [2.24, 2.45) is 13.0 Å². The lowest BCUT2D eigenvalue weighted by Gasteiger charge is -2.36. The van der Waals surface area contributed by atoms with Gasteiger partial charge in [0.2, 0.25) is 11.0 Å². The molecule has 0 amide bonds. The summed E-state index contributed by atoms with van der Waals surface area (Å²) < 4.78 is 33.9. The lowest BCUT2D eigenvalue weighted by Crippen LogP contribution is -2.37. The van der Waals surface area contributed by atoms with Gasteiger partial charge in [0.15, 0.2) is 15.7 Å². The number of hydrogen-bond acceptors (Lipinski definition) is 9. The van der Waals surface area contributed by atoms with E-state index < -0.39 is 9.84 Å². The van der Waals surface area contributed by atoms with Crippen molar-refractivity contribution < 1.29 is 13.2 Å². The number of hydrogen-bond donors (Lipinski definition) is 2. The van der Waals surface area contributed by atoms with E-state index in [1.807, 2.05) is 13.8 Å². The summed E-state index contributed by atoms with van der Waals surface area (Å²) >= 11 is 6.48. The fourth-order valence-corrected chi connectivity index (χ4v) is 8.13. The predicted molar refractivity (Wildman–Crippen MR) is 176 cm³/mol. The molecule has 44 heavy (non-hydrogen) atoms. The number of anilines is 4. The van der Waals surface area contributed by atoms with Crippen LogP contribution in [0.2, 0.25) is 5.02 Å². The van der Waals surface area contributed by atoms with Crippen LogP contribution >= 0.6 is 11.6 Å². The third kappa shape index (κ3) is 7.66. The first-order valence-electron chi connectivity index (χ1n) is 15.9. The summed E-state index contributed by atoms with van der Waals surface area (Å²) in [6.07, 6.45) is 10.2. The van der Waals surface area contributed by atoms with E-state index in [0.717, 1.165) is 37.4 Å². The van der Waals surface area contributed by atoms with Gasteiger partial charge in [-0.2, -0.15) is 10.1 Å². The molecule has 2 N–H and O–H groups in total. The van der Waals surface area contributed by atoms with Crippen molar-refractivity contribution in [2.75, 3.05) is 29.5 Å². The van der Waals surface area contributed by atoms with Crippen molar-refractivity contribution in [3.05, 3.63) is 40.7 Å². The molecule has 12 heteroatoms. The van der Waals surface area contributed by atoms with E-state index >= 15 is 0 Å². The summed E-state index contributed by atoms with van der Waals surface area (Å²) in [5.74, 6) is 1.86. The molecule has 2 aliphatic rings. The highest BCUT2D eigenvalue weighted by Gasteiger charge is 2.30. The van der Waals surface area contributed by atoms with Gasteiger partial charge < -0.3 is 20.3 Å².